The maximum atomic E-state index is 6.01. The summed E-state index contributed by atoms with van der Waals surface area (Å²) in [4.78, 5) is 0. The van der Waals surface area contributed by atoms with E-state index in [0.717, 1.165) is 34.7 Å². The van der Waals surface area contributed by atoms with Crippen LogP contribution in [0.1, 0.15) is 18.1 Å². The number of nitrogens with zero attached hydrogens (tertiary/aromatic N) is 2. The first-order valence-electron chi connectivity index (χ1n) is 5.97. The van der Waals surface area contributed by atoms with Gasteiger partial charge in [0.1, 0.15) is 0 Å². The van der Waals surface area contributed by atoms with Crippen LogP contribution < -0.4 is 5.32 Å². The van der Waals surface area contributed by atoms with E-state index in [4.69, 9.17) is 11.6 Å². The Bertz CT molecular complexity index is 567. The molecule has 2 aromatic rings. The van der Waals surface area contributed by atoms with E-state index >= 15 is 0 Å². The summed E-state index contributed by atoms with van der Waals surface area (Å²) in [5, 5.41) is 12.4. The first kappa shape index (κ1) is 12.8. The summed E-state index contributed by atoms with van der Waals surface area (Å²) in [6, 6.07) is 7.68. The van der Waals surface area contributed by atoms with E-state index in [-0.39, 0.29) is 0 Å². The van der Waals surface area contributed by atoms with Crippen molar-refractivity contribution in [2.75, 3.05) is 11.9 Å². The molecule has 0 bridgehead atoms. The second-order valence-corrected chi connectivity index (χ2v) is 4.62. The maximum Gasteiger partial charge on any atom is 0.151 e. The first-order chi connectivity index (χ1) is 8.63. The van der Waals surface area contributed by atoms with Crippen LogP contribution in [-0.2, 0) is 0 Å². The van der Waals surface area contributed by atoms with Crippen molar-refractivity contribution in [2.24, 2.45) is 0 Å². The lowest BCUT2D eigenvalue weighted by Crippen LogP contribution is -2.06. The molecule has 18 heavy (non-hydrogen) atoms. The molecule has 0 aliphatic rings. The molecular weight excluding hydrogens is 246 g/mol. The normalized spacial score (nSPS) is 10.4. The molecule has 0 fully saturated rings. The highest BCUT2D eigenvalue weighted by molar-refractivity contribution is 6.30. The molecular formula is C14H16ClN3. The Morgan fingerprint density at radius 3 is 2.61 bits per heavy atom. The van der Waals surface area contributed by atoms with E-state index in [9.17, 15) is 0 Å². The first-order valence-corrected chi connectivity index (χ1v) is 6.35. The molecule has 0 atom stereocenters. The molecule has 0 spiro atoms. The van der Waals surface area contributed by atoms with Crippen molar-refractivity contribution in [3.8, 4) is 11.3 Å². The van der Waals surface area contributed by atoms with E-state index in [1.807, 2.05) is 31.2 Å². The van der Waals surface area contributed by atoms with Gasteiger partial charge in [0.25, 0.3) is 0 Å². The molecule has 94 valence electrons. The maximum absolute atomic E-state index is 6.01. The van der Waals surface area contributed by atoms with Crippen molar-refractivity contribution >= 4 is 17.4 Å². The van der Waals surface area contributed by atoms with E-state index in [0.29, 0.717) is 5.02 Å². The molecule has 0 unspecified atom stereocenters. The number of nitrogens with one attached hydrogen (secondary N) is 1. The SMILES string of the molecule is CCNc1nnc(-c2cccc(Cl)c2)c(C)c1C. The van der Waals surface area contributed by atoms with Crippen molar-refractivity contribution in [3.63, 3.8) is 0 Å². The zero-order valence-corrected chi connectivity index (χ0v) is 11.5. The second kappa shape index (κ2) is 5.36. The number of hydrogen-bond acceptors (Lipinski definition) is 3. The van der Waals surface area contributed by atoms with Crippen LogP contribution in [0.4, 0.5) is 5.82 Å². The molecule has 0 amide bonds. The lowest BCUT2D eigenvalue weighted by molar-refractivity contribution is 0.987. The molecule has 4 heteroatoms. The smallest absolute Gasteiger partial charge is 0.151 e. The zero-order chi connectivity index (χ0) is 13.1. The number of aromatic nitrogens is 2. The van der Waals surface area contributed by atoms with Gasteiger partial charge < -0.3 is 5.32 Å². The largest absolute Gasteiger partial charge is 0.369 e. The van der Waals surface area contributed by atoms with Crippen LogP contribution in [-0.4, -0.2) is 16.7 Å². The van der Waals surface area contributed by atoms with Gasteiger partial charge in [-0.3, -0.25) is 0 Å². The fourth-order valence-electron chi connectivity index (χ4n) is 1.85. The van der Waals surface area contributed by atoms with E-state index in [1.165, 1.54) is 0 Å². The van der Waals surface area contributed by atoms with Crippen molar-refractivity contribution in [3.05, 3.63) is 40.4 Å². The Morgan fingerprint density at radius 2 is 1.94 bits per heavy atom. The minimum atomic E-state index is 0.710. The summed E-state index contributed by atoms with van der Waals surface area (Å²) in [5.41, 5.74) is 4.14. The predicted molar refractivity (Wildman–Crippen MR) is 76.1 cm³/mol. The molecule has 0 aliphatic carbocycles. The van der Waals surface area contributed by atoms with Gasteiger partial charge in [0.15, 0.2) is 5.82 Å². The zero-order valence-electron chi connectivity index (χ0n) is 10.8. The van der Waals surface area contributed by atoms with Gasteiger partial charge in [0, 0.05) is 17.1 Å². The van der Waals surface area contributed by atoms with Crippen LogP contribution >= 0.6 is 11.6 Å². The highest BCUT2D eigenvalue weighted by Gasteiger charge is 2.10. The molecule has 0 saturated heterocycles. The summed E-state index contributed by atoms with van der Waals surface area (Å²) >= 11 is 6.01. The average Bonchev–Trinajstić information content (AvgIpc) is 2.35. The van der Waals surface area contributed by atoms with E-state index in [1.54, 1.807) is 0 Å². The summed E-state index contributed by atoms with van der Waals surface area (Å²) in [7, 11) is 0. The molecule has 1 aromatic carbocycles. The minimum Gasteiger partial charge on any atom is -0.369 e. The van der Waals surface area contributed by atoms with Crippen LogP contribution in [0.2, 0.25) is 5.02 Å². The van der Waals surface area contributed by atoms with E-state index in [2.05, 4.69) is 29.4 Å². The fraction of sp³-hybridized carbons (Fsp3) is 0.286. The standard InChI is InChI=1S/C14H16ClN3/c1-4-16-14-10(3)9(2)13(17-18-14)11-6-5-7-12(15)8-11/h5-8H,4H2,1-3H3,(H,16,18). The van der Waals surface area contributed by atoms with Crippen molar-refractivity contribution in [2.45, 2.75) is 20.8 Å². The summed E-state index contributed by atoms with van der Waals surface area (Å²) in [6.07, 6.45) is 0. The highest BCUT2D eigenvalue weighted by Crippen LogP contribution is 2.27. The topological polar surface area (TPSA) is 37.8 Å². The average molecular weight is 262 g/mol. The third-order valence-corrected chi connectivity index (χ3v) is 3.20. The summed E-state index contributed by atoms with van der Waals surface area (Å²) in [6.45, 7) is 6.99. The monoisotopic (exact) mass is 261 g/mol. The lowest BCUT2D eigenvalue weighted by atomic mass is 10.0. The fourth-order valence-corrected chi connectivity index (χ4v) is 2.04. The molecule has 0 aliphatic heterocycles. The van der Waals surface area contributed by atoms with Gasteiger partial charge in [0.05, 0.1) is 5.69 Å². The van der Waals surface area contributed by atoms with Crippen LogP contribution in [0.5, 0.6) is 0 Å². The van der Waals surface area contributed by atoms with Crippen LogP contribution in [0.25, 0.3) is 11.3 Å². The third-order valence-electron chi connectivity index (χ3n) is 2.97. The van der Waals surface area contributed by atoms with Crippen LogP contribution in [0.15, 0.2) is 24.3 Å². The lowest BCUT2D eigenvalue weighted by Gasteiger charge is -2.11. The van der Waals surface area contributed by atoms with Crippen molar-refractivity contribution in [1.29, 1.82) is 0 Å². The van der Waals surface area contributed by atoms with Gasteiger partial charge in [-0.2, -0.15) is 0 Å². The Hall–Kier alpha value is -1.61. The Kier molecular flexibility index (Phi) is 3.82. The van der Waals surface area contributed by atoms with Crippen LogP contribution in [0.3, 0.4) is 0 Å². The second-order valence-electron chi connectivity index (χ2n) is 4.19. The van der Waals surface area contributed by atoms with Gasteiger partial charge in [-0.15, -0.1) is 10.2 Å². The number of halogens is 1. The van der Waals surface area contributed by atoms with E-state index < -0.39 is 0 Å². The Morgan fingerprint density at radius 1 is 1.17 bits per heavy atom. The molecule has 1 heterocycles. The molecule has 2 rings (SSSR count). The molecule has 1 N–H and O–H groups in total. The summed E-state index contributed by atoms with van der Waals surface area (Å²) < 4.78 is 0. The number of anilines is 1. The molecule has 1 aromatic heterocycles. The molecule has 0 radical (unpaired) electrons. The quantitative estimate of drug-likeness (QED) is 0.912. The van der Waals surface area contributed by atoms with Crippen molar-refractivity contribution < 1.29 is 0 Å². The number of rotatable bonds is 3. The van der Waals surface area contributed by atoms with Crippen LogP contribution in [0, 0.1) is 13.8 Å². The van der Waals surface area contributed by atoms with Gasteiger partial charge >= 0.3 is 0 Å². The van der Waals surface area contributed by atoms with Gasteiger partial charge in [-0.1, -0.05) is 23.7 Å². The minimum absolute atomic E-state index is 0.710. The Balaban J connectivity index is 2.50. The van der Waals surface area contributed by atoms with Gasteiger partial charge in [-0.05, 0) is 44.0 Å². The van der Waals surface area contributed by atoms with Gasteiger partial charge in [0.2, 0.25) is 0 Å². The number of benzene rings is 1. The molecule has 0 saturated carbocycles. The third kappa shape index (κ3) is 2.46. The highest BCUT2D eigenvalue weighted by atomic mass is 35.5. The number of hydrogen-bond donors (Lipinski definition) is 1. The predicted octanol–water partition coefficient (Wildman–Crippen LogP) is 3.85. The Labute approximate surface area is 112 Å². The molecule has 3 nitrogen and oxygen atoms in total. The summed E-state index contributed by atoms with van der Waals surface area (Å²) in [5.74, 6) is 0.848. The van der Waals surface area contributed by atoms with Gasteiger partial charge in [-0.25, -0.2) is 0 Å². The van der Waals surface area contributed by atoms with Crippen molar-refractivity contribution in [1.82, 2.24) is 10.2 Å².